The lowest BCUT2D eigenvalue weighted by atomic mass is 9.79. The first-order valence-electron chi connectivity index (χ1n) is 10.7. The molecule has 1 fully saturated rings. The molecule has 7 nitrogen and oxygen atoms in total. The van der Waals surface area contributed by atoms with E-state index >= 15 is 0 Å². The number of likely N-dealkylation sites (N-methyl/N-ethyl adjacent to an activating group) is 1. The largest absolute Gasteiger partial charge is 0.489 e. The Bertz CT molecular complexity index is 1290. The van der Waals surface area contributed by atoms with Gasteiger partial charge in [0.2, 0.25) is 0 Å². The number of fused-ring (bicyclic) bond motifs is 2. The van der Waals surface area contributed by atoms with Crippen LogP contribution < -0.4 is 10.1 Å². The molecule has 3 aromatic carbocycles. The van der Waals surface area contributed by atoms with Gasteiger partial charge in [0.15, 0.2) is 5.54 Å². The molecule has 1 saturated heterocycles. The lowest BCUT2D eigenvalue weighted by Crippen LogP contribution is -2.54. The van der Waals surface area contributed by atoms with E-state index in [2.05, 4.69) is 21.2 Å². The fourth-order valence-electron chi connectivity index (χ4n) is 5.24. The zero-order valence-corrected chi connectivity index (χ0v) is 19.8. The average Bonchev–Trinajstić information content (AvgIpc) is 3.29. The fourth-order valence-corrected chi connectivity index (χ4v) is 5.62. The van der Waals surface area contributed by atoms with Crippen LogP contribution in [0, 0.1) is 15.9 Å². The first kappa shape index (κ1) is 22.5. The van der Waals surface area contributed by atoms with Gasteiger partial charge in [-0.05, 0) is 49.0 Å². The summed E-state index contributed by atoms with van der Waals surface area (Å²) in [5.74, 6) is -0.861. The van der Waals surface area contributed by atoms with E-state index in [-0.39, 0.29) is 23.9 Å². The summed E-state index contributed by atoms with van der Waals surface area (Å²) in [5.41, 5.74) is 1.18. The highest BCUT2D eigenvalue weighted by atomic mass is 79.9. The lowest BCUT2D eigenvalue weighted by molar-refractivity contribution is -0.534. The van der Waals surface area contributed by atoms with Crippen molar-refractivity contribution in [1.82, 2.24) is 4.90 Å². The third-order valence-electron chi connectivity index (χ3n) is 6.72. The number of hydrogen-bond donors (Lipinski definition) is 1. The van der Waals surface area contributed by atoms with Crippen LogP contribution in [0.15, 0.2) is 71.2 Å². The molecule has 1 N–H and O–H groups in total. The summed E-state index contributed by atoms with van der Waals surface area (Å²) >= 11 is 3.47. The topological polar surface area (TPSA) is 84.7 Å². The van der Waals surface area contributed by atoms with Crippen LogP contribution in [0.4, 0.5) is 10.1 Å². The zero-order chi connectivity index (χ0) is 24.0. The number of carbonyl (C=O) groups is 1. The summed E-state index contributed by atoms with van der Waals surface area (Å²) in [6, 6.07) is 17.2. The highest BCUT2D eigenvalue weighted by Crippen LogP contribution is 2.53. The molecule has 0 bridgehead atoms. The van der Waals surface area contributed by atoms with Gasteiger partial charge in [0, 0.05) is 32.8 Å². The van der Waals surface area contributed by atoms with E-state index in [1.54, 1.807) is 60.5 Å². The van der Waals surface area contributed by atoms with Crippen molar-refractivity contribution in [3.8, 4) is 5.75 Å². The Kier molecular flexibility index (Phi) is 5.61. The molecular formula is C25H21BrFN3O4. The maximum Gasteiger partial charge on any atom is 0.256 e. The van der Waals surface area contributed by atoms with Crippen molar-refractivity contribution >= 4 is 27.5 Å². The molecule has 174 valence electrons. The Hall–Kier alpha value is -3.30. The Morgan fingerprint density at radius 2 is 1.94 bits per heavy atom. The number of likely N-dealkylation sites (tertiary alicyclic amines) is 1. The Labute approximate surface area is 203 Å². The highest BCUT2D eigenvalue weighted by Gasteiger charge is 2.68. The van der Waals surface area contributed by atoms with E-state index in [0.717, 1.165) is 10.0 Å². The summed E-state index contributed by atoms with van der Waals surface area (Å²) < 4.78 is 20.1. The number of anilines is 1. The number of benzene rings is 3. The summed E-state index contributed by atoms with van der Waals surface area (Å²) in [6.45, 7) is 0.464. The minimum atomic E-state index is -1.43. The summed E-state index contributed by atoms with van der Waals surface area (Å²) in [7, 11) is 1.75. The van der Waals surface area contributed by atoms with Gasteiger partial charge in [-0.3, -0.25) is 19.8 Å². The molecule has 5 rings (SSSR count). The first-order chi connectivity index (χ1) is 16.3. The number of nitro groups is 1. The normalized spacial score (nSPS) is 23.7. The molecule has 2 heterocycles. The van der Waals surface area contributed by atoms with Gasteiger partial charge in [-0.2, -0.15) is 0 Å². The van der Waals surface area contributed by atoms with Crippen LogP contribution >= 0.6 is 15.9 Å². The van der Waals surface area contributed by atoms with Crippen LogP contribution in [0.25, 0.3) is 0 Å². The van der Waals surface area contributed by atoms with Gasteiger partial charge in [0.1, 0.15) is 18.2 Å². The SMILES string of the molecule is CN1C[C@H](c2cc(Br)ccc2OCc2ccc(F)cc2)[C@H]([N+](=O)[O-])[C@]12C(=O)Nc1ccccc12. The molecule has 0 aromatic heterocycles. The van der Waals surface area contributed by atoms with Gasteiger partial charge in [0.25, 0.3) is 11.9 Å². The maximum atomic E-state index is 13.3. The number of nitrogens with zero attached hydrogens (tertiary/aromatic N) is 2. The average molecular weight is 526 g/mol. The number of ether oxygens (including phenoxy) is 1. The molecule has 3 aromatic rings. The van der Waals surface area contributed by atoms with Crippen LogP contribution in [0.1, 0.15) is 22.6 Å². The van der Waals surface area contributed by atoms with E-state index in [9.17, 15) is 19.3 Å². The second kappa shape index (κ2) is 8.48. The Morgan fingerprint density at radius 3 is 2.68 bits per heavy atom. The van der Waals surface area contributed by atoms with Gasteiger partial charge in [-0.25, -0.2) is 4.39 Å². The van der Waals surface area contributed by atoms with E-state index in [0.29, 0.717) is 22.6 Å². The molecule has 0 radical (unpaired) electrons. The molecule has 2 aliphatic rings. The number of amides is 1. The molecule has 3 atom stereocenters. The number of carbonyl (C=O) groups excluding carboxylic acids is 1. The van der Waals surface area contributed by atoms with Crippen molar-refractivity contribution in [3.63, 3.8) is 0 Å². The number of halogens is 2. The predicted octanol–water partition coefficient (Wildman–Crippen LogP) is 4.69. The molecule has 9 heteroatoms. The Morgan fingerprint density at radius 1 is 1.21 bits per heavy atom. The summed E-state index contributed by atoms with van der Waals surface area (Å²) in [6.07, 6.45) is 0. The minimum absolute atomic E-state index is 0.176. The van der Waals surface area contributed by atoms with Gasteiger partial charge < -0.3 is 10.1 Å². The van der Waals surface area contributed by atoms with Crippen molar-refractivity contribution < 1.29 is 18.8 Å². The van der Waals surface area contributed by atoms with Crippen molar-refractivity contribution in [2.24, 2.45) is 0 Å². The number of para-hydroxylation sites is 1. The van der Waals surface area contributed by atoms with Gasteiger partial charge in [-0.1, -0.05) is 46.3 Å². The molecule has 0 unspecified atom stereocenters. The van der Waals surface area contributed by atoms with E-state index < -0.39 is 23.4 Å². The first-order valence-corrected chi connectivity index (χ1v) is 11.5. The standard InChI is InChI=1S/C25H21BrFN3O4/c1-29-13-19(23(30(32)33)25(29)20-4-2-3-5-21(20)28-24(25)31)18-12-16(26)8-11-22(18)34-14-15-6-9-17(27)10-7-15/h2-12,19,23H,13-14H2,1H3,(H,28,31)/t19-,23+,25-/m1/s1. The van der Waals surface area contributed by atoms with Crippen molar-refractivity contribution in [2.75, 3.05) is 18.9 Å². The lowest BCUT2D eigenvalue weighted by Gasteiger charge is -2.30. The summed E-state index contributed by atoms with van der Waals surface area (Å²) in [4.78, 5) is 27.3. The maximum absolute atomic E-state index is 13.3. The molecule has 0 saturated carbocycles. The smallest absolute Gasteiger partial charge is 0.256 e. The summed E-state index contributed by atoms with van der Waals surface area (Å²) in [5, 5.41) is 15.4. The van der Waals surface area contributed by atoms with Crippen LogP contribution in [0.5, 0.6) is 5.75 Å². The van der Waals surface area contributed by atoms with E-state index in [4.69, 9.17) is 4.74 Å². The second-order valence-electron chi connectivity index (χ2n) is 8.58. The predicted molar refractivity (Wildman–Crippen MR) is 128 cm³/mol. The van der Waals surface area contributed by atoms with Crippen LogP contribution in [-0.2, 0) is 16.9 Å². The number of rotatable bonds is 5. The molecular weight excluding hydrogens is 505 g/mol. The van der Waals surface area contributed by atoms with E-state index in [1.807, 2.05) is 6.07 Å². The number of nitrogens with one attached hydrogen (secondary N) is 1. The van der Waals surface area contributed by atoms with Crippen LogP contribution in [0.3, 0.4) is 0 Å². The minimum Gasteiger partial charge on any atom is -0.489 e. The molecule has 0 aliphatic carbocycles. The third-order valence-corrected chi connectivity index (χ3v) is 7.21. The molecule has 1 spiro atoms. The molecule has 34 heavy (non-hydrogen) atoms. The number of hydrogen-bond acceptors (Lipinski definition) is 5. The van der Waals surface area contributed by atoms with Crippen molar-refractivity contribution in [2.45, 2.75) is 24.1 Å². The van der Waals surface area contributed by atoms with Gasteiger partial charge in [-0.15, -0.1) is 0 Å². The highest BCUT2D eigenvalue weighted by molar-refractivity contribution is 9.10. The fraction of sp³-hybridized carbons (Fsp3) is 0.240. The Balaban J connectivity index is 1.56. The van der Waals surface area contributed by atoms with Crippen molar-refractivity contribution in [1.29, 1.82) is 0 Å². The van der Waals surface area contributed by atoms with Gasteiger partial charge in [0.05, 0.1) is 5.92 Å². The zero-order valence-electron chi connectivity index (χ0n) is 18.2. The van der Waals surface area contributed by atoms with E-state index in [1.165, 1.54) is 12.1 Å². The van der Waals surface area contributed by atoms with Crippen molar-refractivity contribution in [3.05, 3.63) is 104 Å². The molecule has 2 aliphatic heterocycles. The van der Waals surface area contributed by atoms with Gasteiger partial charge >= 0.3 is 0 Å². The molecule has 1 amide bonds. The van der Waals surface area contributed by atoms with Crippen LogP contribution in [0.2, 0.25) is 0 Å². The third kappa shape index (κ3) is 3.47. The monoisotopic (exact) mass is 525 g/mol. The van der Waals surface area contributed by atoms with Crippen LogP contribution in [-0.4, -0.2) is 35.4 Å². The second-order valence-corrected chi connectivity index (χ2v) is 9.50. The quantitative estimate of drug-likeness (QED) is 0.385.